The van der Waals surface area contributed by atoms with Gasteiger partial charge in [-0.05, 0) is 74.6 Å². The molecule has 36 heavy (non-hydrogen) atoms. The smallest absolute Gasteiger partial charge is 0.253 e. The molecule has 1 unspecified atom stereocenters. The number of nitrogens with zero attached hydrogens (tertiary/aromatic N) is 2. The molecule has 0 radical (unpaired) electrons. The van der Waals surface area contributed by atoms with E-state index in [1.807, 2.05) is 74.2 Å². The highest BCUT2D eigenvalue weighted by Gasteiger charge is 2.30. The Labute approximate surface area is 211 Å². The van der Waals surface area contributed by atoms with Crippen LogP contribution in [0.4, 0.5) is 5.69 Å². The molecule has 2 amide bonds. The number of fused-ring (bicyclic) bond motifs is 1. The zero-order valence-corrected chi connectivity index (χ0v) is 21.0. The number of piperidine rings is 1. The molecule has 0 saturated carbocycles. The molecular weight excluding hydrogens is 450 g/mol. The lowest BCUT2D eigenvalue weighted by atomic mass is 9.84. The molecule has 0 aliphatic carbocycles. The lowest BCUT2D eigenvalue weighted by molar-refractivity contribution is -0.121. The fourth-order valence-electron chi connectivity index (χ4n) is 4.96. The van der Waals surface area contributed by atoms with E-state index in [9.17, 15) is 9.59 Å². The number of amides is 2. The number of aryl methyl sites for hydroxylation is 2. The first-order valence-electron chi connectivity index (χ1n) is 12.5. The molecule has 1 saturated heterocycles. The van der Waals surface area contributed by atoms with Crippen LogP contribution in [0.5, 0.6) is 0 Å². The zero-order valence-electron chi connectivity index (χ0n) is 21.0. The molecule has 0 spiro atoms. The summed E-state index contributed by atoms with van der Waals surface area (Å²) in [5.74, 6) is 0.700. The maximum Gasteiger partial charge on any atom is 0.253 e. The van der Waals surface area contributed by atoms with Crippen LogP contribution in [-0.4, -0.2) is 34.8 Å². The summed E-state index contributed by atoms with van der Waals surface area (Å²) < 4.78 is 5.88. The minimum Gasteiger partial charge on any atom is -0.436 e. The fraction of sp³-hybridized carbons (Fsp3) is 0.300. The third-order valence-electron chi connectivity index (χ3n) is 7.24. The normalized spacial score (nSPS) is 15.1. The minimum absolute atomic E-state index is 0.00741. The number of anilines is 1. The van der Waals surface area contributed by atoms with Gasteiger partial charge in [0.25, 0.3) is 5.91 Å². The van der Waals surface area contributed by atoms with E-state index in [0.717, 1.165) is 29.7 Å². The maximum atomic E-state index is 13.2. The van der Waals surface area contributed by atoms with Gasteiger partial charge < -0.3 is 14.6 Å². The Morgan fingerprint density at radius 2 is 1.75 bits per heavy atom. The number of hydrogen-bond donors (Lipinski definition) is 1. The van der Waals surface area contributed by atoms with Gasteiger partial charge in [0.05, 0.1) is 0 Å². The third kappa shape index (κ3) is 4.89. The van der Waals surface area contributed by atoms with E-state index < -0.39 is 0 Å². The summed E-state index contributed by atoms with van der Waals surface area (Å²) in [6, 6.07) is 21.2. The summed E-state index contributed by atoms with van der Waals surface area (Å²) in [4.78, 5) is 32.6. The van der Waals surface area contributed by atoms with Gasteiger partial charge in [0, 0.05) is 35.8 Å². The Morgan fingerprint density at radius 3 is 2.47 bits per heavy atom. The lowest BCUT2D eigenvalue weighted by Crippen LogP contribution is -2.41. The van der Waals surface area contributed by atoms with Gasteiger partial charge in [-0.15, -0.1) is 0 Å². The topological polar surface area (TPSA) is 75.4 Å². The maximum absolute atomic E-state index is 13.2. The van der Waals surface area contributed by atoms with E-state index in [-0.39, 0.29) is 23.7 Å². The number of carbonyl (C=O) groups excluding carboxylic acids is 2. The van der Waals surface area contributed by atoms with Crippen LogP contribution in [0.2, 0.25) is 0 Å². The standard InChI is InChI=1S/C30H31N3O3/c1-19-9-11-25(20(2)17-19)31-28(34)21(3)22-13-15-33(16-14-22)30(35)24-10-12-27-26(18-24)32-29(36-27)23-7-5-4-6-8-23/h4-12,17-18,21-22H,13-16H2,1-3H3,(H,31,34). The quantitative estimate of drug-likeness (QED) is 0.366. The predicted octanol–water partition coefficient (Wildman–Crippen LogP) is 6.24. The van der Waals surface area contributed by atoms with E-state index in [4.69, 9.17) is 4.42 Å². The number of oxazole rings is 1. The van der Waals surface area contributed by atoms with Crippen molar-refractivity contribution in [1.29, 1.82) is 0 Å². The van der Waals surface area contributed by atoms with Crippen molar-refractivity contribution >= 4 is 28.6 Å². The molecule has 1 aromatic heterocycles. The van der Waals surface area contributed by atoms with E-state index >= 15 is 0 Å². The van der Waals surface area contributed by atoms with Gasteiger partial charge in [-0.2, -0.15) is 0 Å². The molecular formula is C30H31N3O3. The van der Waals surface area contributed by atoms with E-state index in [1.165, 1.54) is 5.56 Å². The average molecular weight is 482 g/mol. The predicted molar refractivity (Wildman–Crippen MR) is 142 cm³/mol. The molecule has 184 valence electrons. The Bertz CT molecular complexity index is 1400. The van der Waals surface area contributed by atoms with Crippen LogP contribution in [0, 0.1) is 25.7 Å². The van der Waals surface area contributed by atoms with Gasteiger partial charge in [-0.1, -0.05) is 42.8 Å². The first-order valence-corrected chi connectivity index (χ1v) is 12.5. The van der Waals surface area contributed by atoms with Crippen LogP contribution in [0.25, 0.3) is 22.6 Å². The molecule has 1 N–H and O–H groups in total. The molecule has 3 aromatic carbocycles. The fourth-order valence-corrected chi connectivity index (χ4v) is 4.96. The van der Waals surface area contributed by atoms with Crippen LogP contribution in [0.15, 0.2) is 71.1 Å². The van der Waals surface area contributed by atoms with Gasteiger partial charge in [0.1, 0.15) is 5.52 Å². The Kier molecular flexibility index (Phi) is 6.59. The second-order valence-electron chi connectivity index (χ2n) is 9.79. The van der Waals surface area contributed by atoms with Crippen molar-refractivity contribution in [1.82, 2.24) is 9.88 Å². The molecule has 1 aliphatic rings. The highest BCUT2D eigenvalue weighted by atomic mass is 16.3. The summed E-state index contributed by atoms with van der Waals surface area (Å²) in [5.41, 5.74) is 5.95. The van der Waals surface area contributed by atoms with E-state index in [2.05, 4.69) is 16.4 Å². The number of aromatic nitrogens is 1. The molecule has 1 aliphatic heterocycles. The summed E-state index contributed by atoms with van der Waals surface area (Å²) in [7, 11) is 0. The molecule has 1 fully saturated rings. The number of nitrogens with one attached hydrogen (secondary N) is 1. The SMILES string of the molecule is Cc1ccc(NC(=O)C(C)C2CCN(C(=O)c3ccc4oc(-c5ccccc5)nc4c3)CC2)c(C)c1. The summed E-state index contributed by atoms with van der Waals surface area (Å²) in [6.07, 6.45) is 1.61. The zero-order chi connectivity index (χ0) is 25.2. The molecule has 6 nitrogen and oxygen atoms in total. The molecule has 6 heteroatoms. The monoisotopic (exact) mass is 481 g/mol. The number of likely N-dealkylation sites (tertiary alicyclic amines) is 1. The van der Waals surface area contributed by atoms with Crippen molar-refractivity contribution in [3.63, 3.8) is 0 Å². The molecule has 4 aromatic rings. The second kappa shape index (κ2) is 9.97. The summed E-state index contributed by atoms with van der Waals surface area (Å²) in [5, 5.41) is 3.09. The third-order valence-corrected chi connectivity index (χ3v) is 7.24. The molecule has 2 heterocycles. The van der Waals surface area contributed by atoms with Crippen molar-refractivity contribution < 1.29 is 14.0 Å². The first-order chi connectivity index (χ1) is 17.4. The minimum atomic E-state index is -0.120. The number of rotatable bonds is 5. The second-order valence-corrected chi connectivity index (χ2v) is 9.79. The molecule has 5 rings (SSSR count). The highest BCUT2D eigenvalue weighted by molar-refractivity contribution is 5.97. The first kappa shape index (κ1) is 23.8. The van der Waals surface area contributed by atoms with Crippen LogP contribution >= 0.6 is 0 Å². The van der Waals surface area contributed by atoms with Crippen molar-refractivity contribution in [2.45, 2.75) is 33.6 Å². The summed E-state index contributed by atoms with van der Waals surface area (Å²) in [6.45, 7) is 7.32. The molecule has 0 bridgehead atoms. The van der Waals surface area contributed by atoms with Crippen molar-refractivity contribution in [3.05, 3.63) is 83.4 Å². The van der Waals surface area contributed by atoms with E-state index in [1.54, 1.807) is 12.1 Å². The van der Waals surface area contributed by atoms with Gasteiger partial charge in [-0.25, -0.2) is 4.98 Å². The average Bonchev–Trinajstić information content (AvgIpc) is 3.33. The Hall–Kier alpha value is -3.93. The van der Waals surface area contributed by atoms with Crippen LogP contribution in [0.3, 0.4) is 0 Å². The Morgan fingerprint density at radius 1 is 1.00 bits per heavy atom. The highest BCUT2D eigenvalue weighted by Crippen LogP contribution is 2.29. The van der Waals surface area contributed by atoms with Crippen molar-refractivity contribution in [2.75, 3.05) is 18.4 Å². The van der Waals surface area contributed by atoms with Gasteiger partial charge >= 0.3 is 0 Å². The van der Waals surface area contributed by atoms with Gasteiger partial charge in [0.2, 0.25) is 11.8 Å². The van der Waals surface area contributed by atoms with E-state index in [0.29, 0.717) is 35.6 Å². The lowest BCUT2D eigenvalue weighted by Gasteiger charge is -2.34. The Balaban J connectivity index is 1.21. The van der Waals surface area contributed by atoms with Crippen molar-refractivity contribution in [3.8, 4) is 11.5 Å². The van der Waals surface area contributed by atoms with Crippen LogP contribution in [-0.2, 0) is 4.79 Å². The van der Waals surface area contributed by atoms with Gasteiger partial charge in [-0.3, -0.25) is 9.59 Å². The molecule has 1 atom stereocenters. The van der Waals surface area contributed by atoms with Crippen LogP contribution in [0.1, 0.15) is 41.3 Å². The summed E-state index contributed by atoms with van der Waals surface area (Å²) >= 11 is 0. The van der Waals surface area contributed by atoms with Gasteiger partial charge in [0.15, 0.2) is 5.58 Å². The number of carbonyl (C=O) groups is 2. The number of hydrogen-bond acceptors (Lipinski definition) is 4. The largest absolute Gasteiger partial charge is 0.436 e. The van der Waals surface area contributed by atoms with Crippen LogP contribution < -0.4 is 5.32 Å². The van der Waals surface area contributed by atoms with Crippen molar-refractivity contribution in [2.24, 2.45) is 11.8 Å². The number of benzene rings is 3.